The first kappa shape index (κ1) is 11.0. The molecular formula is C14H18N2. The van der Waals surface area contributed by atoms with Gasteiger partial charge in [-0.25, -0.2) is 0 Å². The molecule has 1 aromatic carbocycles. The minimum Gasteiger partial charge on any atom is -0.361 e. The van der Waals surface area contributed by atoms with E-state index in [4.69, 9.17) is 0 Å². The van der Waals surface area contributed by atoms with Gasteiger partial charge in [0.2, 0.25) is 0 Å². The van der Waals surface area contributed by atoms with Crippen LogP contribution in [0.2, 0.25) is 0 Å². The van der Waals surface area contributed by atoms with Crippen molar-refractivity contribution in [1.82, 2.24) is 10.3 Å². The average molecular weight is 214 g/mol. The summed E-state index contributed by atoms with van der Waals surface area (Å²) in [5.74, 6) is 0. The maximum atomic E-state index is 3.37. The zero-order valence-electron chi connectivity index (χ0n) is 9.88. The molecule has 16 heavy (non-hydrogen) atoms. The summed E-state index contributed by atoms with van der Waals surface area (Å²) < 4.78 is 0. The quantitative estimate of drug-likeness (QED) is 0.804. The molecule has 0 amide bonds. The van der Waals surface area contributed by atoms with Crippen molar-refractivity contribution in [2.75, 3.05) is 6.54 Å². The Hall–Kier alpha value is -1.54. The maximum Gasteiger partial charge on any atom is 0.0457 e. The summed E-state index contributed by atoms with van der Waals surface area (Å²) in [6, 6.07) is 10.8. The second-order valence-corrected chi connectivity index (χ2v) is 4.02. The highest BCUT2D eigenvalue weighted by Gasteiger charge is 2.05. The van der Waals surface area contributed by atoms with Gasteiger partial charge < -0.3 is 10.3 Å². The molecule has 0 saturated heterocycles. The molecule has 1 aromatic heterocycles. The lowest BCUT2D eigenvalue weighted by molar-refractivity contribution is 0.727. The second kappa shape index (κ2) is 4.99. The van der Waals surface area contributed by atoms with E-state index in [1.807, 2.05) is 12.3 Å². The predicted octanol–water partition coefficient (Wildman–Crippen LogP) is 3.10. The van der Waals surface area contributed by atoms with Crippen molar-refractivity contribution in [2.24, 2.45) is 0 Å². The molecule has 2 nitrogen and oxygen atoms in total. The number of rotatable bonds is 4. The van der Waals surface area contributed by atoms with E-state index in [2.05, 4.69) is 48.4 Å². The maximum absolute atomic E-state index is 3.37. The molecule has 2 rings (SSSR count). The highest BCUT2D eigenvalue weighted by molar-refractivity contribution is 5.64. The number of H-pyrrole nitrogens is 1. The van der Waals surface area contributed by atoms with Crippen LogP contribution in [0, 0.1) is 6.92 Å². The highest BCUT2D eigenvalue weighted by Crippen LogP contribution is 2.23. The standard InChI is InChI=1S/C14H18N2/c1-3-15-10-12-7-6-11(2)9-13(12)14-5-4-8-16-14/h4-9,15-16H,3,10H2,1-2H3. The van der Waals surface area contributed by atoms with Gasteiger partial charge in [0.25, 0.3) is 0 Å². The summed E-state index contributed by atoms with van der Waals surface area (Å²) in [5, 5.41) is 3.37. The van der Waals surface area contributed by atoms with Crippen LogP contribution >= 0.6 is 0 Å². The van der Waals surface area contributed by atoms with Crippen LogP contribution in [0.15, 0.2) is 36.5 Å². The van der Waals surface area contributed by atoms with Gasteiger partial charge in [0.15, 0.2) is 0 Å². The van der Waals surface area contributed by atoms with Gasteiger partial charge in [-0.2, -0.15) is 0 Å². The summed E-state index contributed by atoms with van der Waals surface area (Å²) in [6.07, 6.45) is 1.97. The number of benzene rings is 1. The van der Waals surface area contributed by atoms with Gasteiger partial charge in [-0.15, -0.1) is 0 Å². The van der Waals surface area contributed by atoms with Crippen molar-refractivity contribution >= 4 is 0 Å². The summed E-state index contributed by atoms with van der Waals surface area (Å²) >= 11 is 0. The van der Waals surface area contributed by atoms with Gasteiger partial charge in [0.1, 0.15) is 0 Å². The largest absolute Gasteiger partial charge is 0.361 e. The molecule has 1 heterocycles. The first-order chi connectivity index (χ1) is 7.81. The SMILES string of the molecule is CCNCc1ccc(C)cc1-c1ccc[nH]1. The lowest BCUT2D eigenvalue weighted by atomic mass is 10.0. The Morgan fingerprint density at radius 1 is 1.25 bits per heavy atom. The van der Waals surface area contributed by atoms with Crippen LogP contribution in [-0.2, 0) is 6.54 Å². The number of nitrogens with one attached hydrogen (secondary N) is 2. The van der Waals surface area contributed by atoms with Gasteiger partial charge in [-0.1, -0.05) is 24.6 Å². The van der Waals surface area contributed by atoms with Crippen molar-refractivity contribution in [3.63, 3.8) is 0 Å². The number of aryl methyl sites for hydroxylation is 1. The molecule has 0 bridgehead atoms. The van der Waals surface area contributed by atoms with Crippen molar-refractivity contribution in [2.45, 2.75) is 20.4 Å². The van der Waals surface area contributed by atoms with Gasteiger partial charge in [0, 0.05) is 24.0 Å². The lowest BCUT2D eigenvalue weighted by Gasteiger charge is -2.10. The highest BCUT2D eigenvalue weighted by atomic mass is 14.8. The van der Waals surface area contributed by atoms with Crippen molar-refractivity contribution < 1.29 is 0 Å². The third kappa shape index (κ3) is 2.34. The zero-order chi connectivity index (χ0) is 11.4. The molecule has 0 aliphatic carbocycles. The Labute approximate surface area is 96.7 Å². The van der Waals surface area contributed by atoms with E-state index in [9.17, 15) is 0 Å². The van der Waals surface area contributed by atoms with E-state index in [-0.39, 0.29) is 0 Å². The number of aromatic nitrogens is 1. The minimum absolute atomic E-state index is 0.922. The first-order valence-corrected chi connectivity index (χ1v) is 5.75. The summed E-state index contributed by atoms with van der Waals surface area (Å²) in [7, 11) is 0. The number of hydrogen-bond donors (Lipinski definition) is 2. The minimum atomic E-state index is 0.922. The lowest BCUT2D eigenvalue weighted by Crippen LogP contribution is -2.12. The monoisotopic (exact) mass is 214 g/mol. The fourth-order valence-corrected chi connectivity index (χ4v) is 1.85. The van der Waals surface area contributed by atoms with E-state index in [0.29, 0.717) is 0 Å². The Morgan fingerprint density at radius 2 is 2.12 bits per heavy atom. The second-order valence-electron chi connectivity index (χ2n) is 4.02. The molecule has 0 aliphatic rings. The Morgan fingerprint density at radius 3 is 2.81 bits per heavy atom. The Balaban J connectivity index is 2.37. The molecular weight excluding hydrogens is 196 g/mol. The summed E-state index contributed by atoms with van der Waals surface area (Å²) in [5.41, 5.74) is 5.13. The molecule has 0 unspecified atom stereocenters. The van der Waals surface area contributed by atoms with Gasteiger partial charge >= 0.3 is 0 Å². The molecule has 0 fully saturated rings. The van der Waals surface area contributed by atoms with E-state index in [1.165, 1.54) is 22.4 Å². The molecule has 84 valence electrons. The topological polar surface area (TPSA) is 27.8 Å². The third-order valence-corrected chi connectivity index (χ3v) is 2.72. The van der Waals surface area contributed by atoms with Crippen LogP contribution in [0.1, 0.15) is 18.1 Å². The van der Waals surface area contributed by atoms with Gasteiger partial charge in [-0.05, 0) is 37.2 Å². The molecule has 0 saturated carbocycles. The number of aromatic amines is 1. The van der Waals surface area contributed by atoms with Crippen LogP contribution in [0.3, 0.4) is 0 Å². The van der Waals surface area contributed by atoms with E-state index < -0.39 is 0 Å². The Kier molecular flexibility index (Phi) is 3.42. The van der Waals surface area contributed by atoms with Crippen LogP contribution < -0.4 is 5.32 Å². The molecule has 0 atom stereocenters. The van der Waals surface area contributed by atoms with Crippen molar-refractivity contribution in [3.8, 4) is 11.3 Å². The van der Waals surface area contributed by atoms with Gasteiger partial charge in [-0.3, -0.25) is 0 Å². The molecule has 0 aliphatic heterocycles. The predicted molar refractivity (Wildman–Crippen MR) is 68.3 cm³/mol. The van der Waals surface area contributed by atoms with Crippen LogP contribution in [0.25, 0.3) is 11.3 Å². The zero-order valence-corrected chi connectivity index (χ0v) is 9.88. The van der Waals surface area contributed by atoms with Crippen LogP contribution in [-0.4, -0.2) is 11.5 Å². The molecule has 0 spiro atoms. The van der Waals surface area contributed by atoms with E-state index in [1.54, 1.807) is 0 Å². The van der Waals surface area contributed by atoms with E-state index >= 15 is 0 Å². The fourth-order valence-electron chi connectivity index (χ4n) is 1.85. The van der Waals surface area contributed by atoms with Crippen molar-refractivity contribution in [1.29, 1.82) is 0 Å². The molecule has 2 aromatic rings. The van der Waals surface area contributed by atoms with Crippen LogP contribution in [0.5, 0.6) is 0 Å². The first-order valence-electron chi connectivity index (χ1n) is 5.75. The van der Waals surface area contributed by atoms with Crippen molar-refractivity contribution in [3.05, 3.63) is 47.7 Å². The normalized spacial score (nSPS) is 10.6. The molecule has 0 radical (unpaired) electrons. The number of hydrogen-bond acceptors (Lipinski definition) is 1. The molecule has 2 heteroatoms. The Bertz CT molecular complexity index is 444. The molecule has 2 N–H and O–H groups in total. The van der Waals surface area contributed by atoms with E-state index in [0.717, 1.165) is 13.1 Å². The van der Waals surface area contributed by atoms with Gasteiger partial charge in [0.05, 0.1) is 0 Å². The average Bonchev–Trinajstić information content (AvgIpc) is 2.80. The summed E-state index contributed by atoms with van der Waals surface area (Å²) in [6.45, 7) is 6.18. The summed E-state index contributed by atoms with van der Waals surface area (Å²) in [4.78, 5) is 3.27. The van der Waals surface area contributed by atoms with Crippen LogP contribution in [0.4, 0.5) is 0 Å². The fraction of sp³-hybridized carbons (Fsp3) is 0.286. The smallest absolute Gasteiger partial charge is 0.0457 e. The third-order valence-electron chi connectivity index (χ3n) is 2.72.